The van der Waals surface area contributed by atoms with Gasteiger partial charge in [-0.15, -0.1) is 0 Å². The quantitative estimate of drug-likeness (QED) is 0.657. The first-order valence-corrected chi connectivity index (χ1v) is 8.20. The number of ether oxygens (including phenoxy) is 1. The number of amides is 1. The Morgan fingerprint density at radius 3 is 2.60 bits per heavy atom. The third kappa shape index (κ3) is 3.88. The van der Waals surface area contributed by atoms with Crippen molar-refractivity contribution in [2.24, 2.45) is 0 Å². The molecule has 1 aliphatic rings. The Morgan fingerprint density at radius 2 is 1.88 bits per heavy atom. The fraction of sp³-hybridized carbons (Fsp3) is 0.211. The molecule has 0 fully saturated rings. The fourth-order valence-electron chi connectivity index (χ4n) is 2.64. The monoisotopic (exact) mass is 357 g/mol. The first kappa shape index (κ1) is 17.2. The summed E-state index contributed by atoms with van der Waals surface area (Å²) in [4.78, 5) is 35.7. The minimum atomic E-state index is -0.484. The summed E-state index contributed by atoms with van der Waals surface area (Å²) in [5.74, 6) is -1.18. The van der Waals surface area contributed by atoms with Crippen molar-refractivity contribution in [1.82, 2.24) is 0 Å². The number of ketones is 1. The van der Waals surface area contributed by atoms with Crippen LogP contribution in [0.1, 0.15) is 34.3 Å². The lowest BCUT2D eigenvalue weighted by Crippen LogP contribution is -2.16. The molecule has 0 spiro atoms. The summed E-state index contributed by atoms with van der Waals surface area (Å²) in [6.45, 7) is 1.45. The van der Waals surface area contributed by atoms with Crippen LogP contribution in [-0.2, 0) is 20.7 Å². The molecular formula is C19H16ClNO4. The van der Waals surface area contributed by atoms with Crippen LogP contribution in [0.4, 0.5) is 5.69 Å². The number of benzene rings is 2. The van der Waals surface area contributed by atoms with Crippen LogP contribution in [0.15, 0.2) is 42.5 Å². The van der Waals surface area contributed by atoms with Gasteiger partial charge in [0.2, 0.25) is 5.91 Å². The van der Waals surface area contributed by atoms with Crippen molar-refractivity contribution in [3.05, 3.63) is 64.2 Å². The van der Waals surface area contributed by atoms with E-state index in [-0.39, 0.29) is 30.6 Å². The molecule has 0 saturated heterocycles. The van der Waals surface area contributed by atoms with E-state index >= 15 is 0 Å². The molecule has 128 valence electrons. The first-order chi connectivity index (χ1) is 11.9. The van der Waals surface area contributed by atoms with E-state index in [1.165, 1.54) is 0 Å². The number of Topliss-reactive ketones (excluding diaryl/α,β-unsaturated/α-hetero) is 1. The average Bonchev–Trinajstić information content (AvgIpc) is 2.89. The highest BCUT2D eigenvalue weighted by Crippen LogP contribution is 2.32. The number of esters is 1. The van der Waals surface area contributed by atoms with Gasteiger partial charge in [-0.1, -0.05) is 23.7 Å². The highest BCUT2D eigenvalue weighted by molar-refractivity contribution is 6.30. The van der Waals surface area contributed by atoms with Gasteiger partial charge in [-0.25, -0.2) is 0 Å². The van der Waals surface area contributed by atoms with Gasteiger partial charge in [-0.2, -0.15) is 0 Å². The maximum absolute atomic E-state index is 12.2. The van der Waals surface area contributed by atoms with Gasteiger partial charge in [0.25, 0.3) is 0 Å². The van der Waals surface area contributed by atoms with Crippen molar-refractivity contribution < 1.29 is 19.1 Å². The first-order valence-electron chi connectivity index (χ1n) is 7.82. The molecule has 0 bridgehead atoms. The summed E-state index contributed by atoms with van der Waals surface area (Å²) >= 11 is 5.79. The maximum atomic E-state index is 12.2. The van der Waals surface area contributed by atoms with Crippen LogP contribution < -0.4 is 5.32 Å². The molecule has 1 atom stereocenters. The number of carbonyl (C=O) groups excluding carboxylic acids is 3. The molecule has 0 aromatic heterocycles. The lowest BCUT2D eigenvalue weighted by atomic mass is 9.99. The molecule has 1 heterocycles. The Labute approximate surface area is 149 Å². The topological polar surface area (TPSA) is 72.5 Å². The molecule has 6 heteroatoms. The Bertz CT molecular complexity index is 845. The normalized spacial score (nSPS) is 15.4. The van der Waals surface area contributed by atoms with E-state index in [2.05, 4.69) is 5.32 Å². The Kier molecular flexibility index (Phi) is 4.86. The number of fused-ring (bicyclic) bond motifs is 1. The van der Waals surface area contributed by atoms with Crippen LogP contribution >= 0.6 is 11.6 Å². The minimum Gasteiger partial charge on any atom is -0.457 e. The summed E-state index contributed by atoms with van der Waals surface area (Å²) < 4.78 is 5.06. The van der Waals surface area contributed by atoms with Crippen LogP contribution in [0.5, 0.6) is 0 Å². The smallest absolute Gasteiger partial charge is 0.310 e. The zero-order valence-corrected chi connectivity index (χ0v) is 14.3. The van der Waals surface area contributed by atoms with Gasteiger partial charge >= 0.3 is 5.97 Å². The SMILES string of the molecule is C[C@H]1C(=O)Nc2ccc(C(=O)COC(=O)Cc3ccc(Cl)cc3)cc21. The van der Waals surface area contributed by atoms with Crippen LogP contribution in [0.25, 0.3) is 0 Å². The van der Waals surface area contributed by atoms with Crippen molar-refractivity contribution in [3.63, 3.8) is 0 Å². The standard InChI is InChI=1S/C19H16ClNO4/c1-11-15-9-13(4-7-16(15)21-19(11)24)17(22)10-25-18(23)8-12-2-5-14(20)6-3-12/h2-7,9,11H,8,10H2,1H3,(H,21,24)/t11-/m1/s1. The van der Waals surface area contributed by atoms with Gasteiger partial charge in [-0.05, 0) is 48.4 Å². The number of anilines is 1. The lowest BCUT2D eigenvalue weighted by molar-refractivity contribution is -0.141. The van der Waals surface area contributed by atoms with E-state index in [0.29, 0.717) is 16.3 Å². The highest BCUT2D eigenvalue weighted by Gasteiger charge is 2.27. The predicted molar refractivity (Wildman–Crippen MR) is 93.9 cm³/mol. The third-order valence-corrected chi connectivity index (χ3v) is 4.37. The van der Waals surface area contributed by atoms with Gasteiger partial charge in [0.05, 0.1) is 12.3 Å². The fourth-order valence-corrected chi connectivity index (χ4v) is 2.77. The minimum absolute atomic E-state index is 0.0735. The molecule has 1 amide bonds. The third-order valence-electron chi connectivity index (χ3n) is 4.12. The second-order valence-corrected chi connectivity index (χ2v) is 6.34. The van der Waals surface area contributed by atoms with E-state index < -0.39 is 5.97 Å². The number of nitrogens with one attached hydrogen (secondary N) is 1. The van der Waals surface area contributed by atoms with Crippen LogP contribution in [0.3, 0.4) is 0 Å². The molecule has 5 nitrogen and oxygen atoms in total. The van der Waals surface area contributed by atoms with E-state index in [4.69, 9.17) is 16.3 Å². The molecule has 0 saturated carbocycles. The molecule has 25 heavy (non-hydrogen) atoms. The molecule has 2 aromatic carbocycles. The van der Waals surface area contributed by atoms with Crippen LogP contribution in [-0.4, -0.2) is 24.3 Å². The van der Waals surface area contributed by atoms with Crippen LogP contribution in [0.2, 0.25) is 5.02 Å². The van der Waals surface area contributed by atoms with Gasteiger partial charge in [-0.3, -0.25) is 14.4 Å². The Hall–Kier alpha value is -2.66. The molecule has 0 aliphatic carbocycles. The van der Waals surface area contributed by atoms with Crippen LogP contribution in [0, 0.1) is 0 Å². The molecule has 0 radical (unpaired) electrons. The zero-order chi connectivity index (χ0) is 18.0. The van der Waals surface area contributed by atoms with Gasteiger partial charge < -0.3 is 10.1 Å². The largest absolute Gasteiger partial charge is 0.457 e. The molecule has 1 aliphatic heterocycles. The number of rotatable bonds is 5. The van der Waals surface area contributed by atoms with Gasteiger partial charge in [0, 0.05) is 16.3 Å². The average molecular weight is 358 g/mol. The summed E-state index contributed by atoms with van der Waals surface area (Å²) in [6.07, 6.45) is 0.0735. The molecular weight excluding hydrogens is 342 g/mol. The predicted octanol–water partition coefficient (Wildman–Crippen LogP) is 3.36. The Morgan fingerprint density at radius 1 is 1.16 bits per heavy atom. The van der Waals surface area contributed by atoms with E-state index in [1.54, 1.807) is 49.4 Å². The van der Waals surface area contributed by atoms with Crippen molar-refractivity contribution in [1.29, 1.82) is 0 Å². The number of hydrogen-bond acceptors (Lipinski definition) is 4. The zero-order valence-electron chi connectivity index (χ0n) is 13.5. The van der Waals surface area contributed by atoms with Crippen molar-refractivity contribution in [3.8, 4) is 0 Å². The second kappa shape index (κ2) is 7.07. The van der Waals surface area contributed by atoms with Crippen molar-refractivity contribution in [2.45, 2.75) is 19.3 Å². The molecule has 1 N–H and O–H groups in total. The molecule has 2 aromatic rings. The van der Waals surface area contributed by atoms with Gasteiger partial charge in [0.1, 0.15) is 0 Å². The molecule has 0 unspecified atom stereocenters. The van der Waals surface area contributed by atoms with E-state index in [9.17, 15) is 14.4 Å². The summed E-state index contributed by atoms with van der Waals surface area (Å²) in [5.41, 5.74) is 2.68. The van der Waals surface area contributed by atoms with E-state index in [0.717, 1.165) is 11.1 Å². The van der Waals surface area contributed by atoms with Crippen molar-refractivity contribution >= 4 is 34.9 Å². The Balaban J connectivity index is 1.59. The lowest BCUT2D eigenvalue weighted by Gasteiger charge is -2.07. The number of halogens is 1. The summed E-state index contributed by atoms with van der Waals surface area (Å²) in [7, 11) is 0. The number of carbonyl (C=O) groups is 3. The van der Waals surface area contributed by atoms with Crippen molar-refractivity contribution in [2.75, 3.05) is 11.9 Å². The summed E-state index contributed by atoms with van der Waals surface area (Å²) in [5, 5.41) is 3.34. The number of hydrogen-bond donors (Lipinski definition) is 1. The van der Waals surface area contributed by atoms with E-state index in [1.807, 2.05) is 0 Å². The highest BCUT2D eigenvalue weighted by atomic mass is 35.5. The summed E-state index contributed by atoms with van der Waals surface area (Å²) in [6, 6.07) is 11.8. The maximum Gasteiger partial charge on any atom is 0.310 e. The second-order valence-electron chi connectivity index (χ2n) is 5.90. The molecule has 3 rings (SSSR count). The van der Waals surface area contributed by atoms with Gasteiger partial charge in [0.15, 0.2) is 12.4 Å².